The first-order valence-corrected chi connectivity index (χ1v) is 8.96. The smallest absolute Gasteiger partial charge is 0.313 e. The number of piperidine rings is 1. The van der Waals surface area contributed by atoms with Crippen LogP contribution >= 0.6 is 11.8 Å². The number of thiocyanates is 1. The number of nitrogens with zero attached hydrogens (tertiary/aromatic N) is 2. The minimum Gasteiger partial charge on any atom is -0.328 e. The van der Waals surface area contributed by atoms with E-state index in [9.17, 15) is 9.59 Å². The van der Waals surface area contributed by atoms with E-state index in [0.29, 0.717) is 18.5 Å². The zero-order valence-corrected chi connectivity index (χ0v) is 15.8. The molecule has 134 valence electrons. The van der Waals surface area contributed by atoms with Gasteiger partial charge in [0.15, 0.2) is 0 Å². The summed E-state index contributed by atoms with van der Waals surface area (Å²) in [7, 11) is 0. The Morgan fingerprint density at radius 1 is 1.20 bits per heavy atom. The van der Waals surface area contributed by atoms with Crippen LogP contribution in [0.4, 0.5) is 5.69 Å². The summed E-state index contributed by atoms with van der Waals surface area (Å²) in [6, 6.07) is 6.80. The normalized spacial score (nSPS) is 19.1. The van der Waals surface area contributed by atoms with Gasteiger partial charge in [-0.3, -0.25) is 9.59 Å². The molecule has 1 aliphatic heterocycles. The van der Waals surface area contributed by atoms with Crippen LogP contribution in [0.2, 0.25) is 0 Å². The molecule has 0 spiro atoms. The van der Waals surface area contributed by atoms with Crippen LogP contribution in [-0.4, -0.2) is 33.8 Å². The molecule has 1 aromatic rings. The van der Waals surface area contributed by atoms with Crippen molar-refractivity contribution in [1.82, 2.24) is 4.90 Å². The van der Waals surface area contributed by atoms with Crippen molar-refractivity contribution < 1.29 is 9.59 Å². The summed E-state index contributed by atoms with van der Waals surface area (Å²) in [5, 5.41) is 13.3. The lowest BCUT2D eigenvalue weighted by atomic mass is 9.77. The van der Waals surface area contributed by atoms with E-state index in [1.807, 2.05) is 33.1 Å². The first-order valence-electron chi connectivity index (χ1n) is 8.14. The Kier molecular flexibility index (Phi) is 5.45. The Labute approximate surface area is 152 Å². The number of amides is 2. The summed E-state index contributed by atoms with van der Waals surface area (Å²) in [6.45, 7) is 7.75. The summed E-state index contributed by atoms with van der Waals surface area (Å²) in [6.07, 6.45) is 1.30. The summed E-state index contributed by atoms with van der Waals surface area (Å²) < 4.78 is 0. The van der Waals surface area contributed by atoms with Gasteiger partial charge in [-0.2, -0.15) is 5.26 Å². The summed E-state index contributed by atoms with van der Waals surface area (Å²) >= 11 is 1.04. The predicted octanol–water partition coefficient (Wildman–Crippen LogP) is 2.71. The number of anilines is 1. The monoisotopic (exact) mass is 360 g/mol. The van der Waals surface area contributed by atoms with Crippen molar-refractivity contribution in [1.29, 1.82) is 5.26 Å². The van der Waals surface area contributed by atoms with E-state index in [4.69, 9.17) is 11.0 Å². The van der Waals surface area contributed by atoms with Gasteiger partial charge in [0.25, 0.3) is 0 Å². The summed E-state index contributed by atoms with van der Waals surface area (Å²) in [4.78, 5) is 27.8. The molecule has 7 heteroatoms. The van der Waals surface area contributed by atoms with Crippen molar-refractivity contribution in [3.63, 3.8) is 0 Å². The Bertz CT molecular complexity index is 689. The lowest BCUT2D eigenvalue weighted by Gasteiger charge is -2.54. The van der Waals surface area contributed by atoms with Crippen molar-refractivity contribution in [2.45, 2.75) is 62.6 Å². The van der Waals surface area contributed by atoms with Crippen LogP contribution < -0.4 is 11.1 Å². The van der Waals surface area contributed by atoms with Crippen molar-refractivity contribution in [2.24, 2.45) is 5.73 Å². The van der Waals surface area contributed by atoms with Gasteiger partial charge >= 0.3 is 11.8 Å². The first-order chi connectivity index (χ1) is 11.6. The van der Waals surface area contributed by atoms with Crippen LogP contribution in [-0.2, 0) is 9.59 Å². The molecule has 6 nitrogen and oxygen atoms in total. The highest BCUT2D eigenvalue weighted by molar-refractivity contribution is 8.03. The molecule has 0 bridgehead atoms. The molecule has 2 rings (SSSR count). The topological polar surface area (TPSA) is 99.2 Å². The summed E-state index contributed by atoms with van der Waals surface area (Å²) in [5.41, 5.74) is 5.65. The van der Waals surface area contributed by atoms with Gasteiger partial charge in [0.1, 0.15) is 5.40 Å². The third-order valence-corrected chi connectivity index (χ3v) is 5.01. The molecule has 1 aliphatic rings. The van der Waals surface area contributed by atoms with E-state index in [-0.39, 0.29) is 6.04 Å². The van der Waals surface area contributed by atoms with E-state index < -0.39 is 22.9 Å². The molecule has 0 aromatic heterocycles. The highest BCUT2D eigenvalue weighted by atomic mass is 32.2. The van der Waals surface area contributed by atoms with Crippen molar-refractivity contribution >= 4 is 29.3 Å². The van der Waals surface area contributed by atoms with Gasteiger partial charge in [0.05, 0.1) is 0 Å². The highest BCUT2D eigenvalue weighted by Gasteiger charge is 2.48. The van der Waals surface area contributed by atoms with Gasteiger partial charge < -0.3 is 16.0 Å². The predicted molar refractivity (Wildman–Crippen MR) is 98.8 cm³/mol. The zero-order valence-electron chi connectivity index (χ0n) is 15.0. The van der Waals surface area contributed by atoms with Gasteiger partial charge in [-0.15, -0.1) is 0 Å². The molecule has 3 N–H and O–H groups in total. The Morgan fingerprint density at radius 3 is 2.20 bits per heavy atom. The number of likely N-dealkylation sites (tertiary alicyclic amines) is 1. The average Bonchev–Trinajstić information content (AvgIpc) is 2.46. The SMILES string of the molecule is CC1(C)CC(N)CC(C)(C)N1C(=O)C(=O)Nc1ccc(SC#N)cc1. The number of carbonyl (C=O) groups excluding carboxylic acids is 2. The van der Waals surface area contributed by atoms with Crippen molar-refractivity contribution in [3.8, 4) is 5.40 Å². The van der Waals surface area contributed by atoms with E-state index in [2.05, 4.69) is 5.32 Å². The number of thioether (sulfide) groups is 1. The minimum absolute atomic E-state index is 0.00212. The van der Waals surface area contributed by atoms with Crippen LogP contribution in [0.15, 0.2) is 29.2 Å². The molecule has 25 heavy (non-hydrogen) atoms. The maximum Gasteiger partial charge on any atom is 0.313 e. The Morgan fingerprint density at radius 2 is 1.72 bits per heavy atom. The van der Waals surface area contributed by atoms with Gasteiger partial charge in [-0.1, -0.05) is 0 Å². The van der Waals surface area contributed by atoms with E-state index >= 15 is 0 Å². The highest BCUT2D eigenvalue weighted by Crippen LogP contribution is 2.37. The number of nitrogens with two attached hydrogens (primary N) is 1. The molecular weight excluding hydrogens is 336 g/mol. The maximum atomic E-state index is 12.8. The van der Waals surface area contributed by atoms with E-state index in [1.165, 1.54) is 0 Å². The fraction of sp³-hybridized carbons (Fsp3) is 0.500. The lowest BCUT2D eigenvalue weighted by molar-refractivity contribution is -0.156. The first kappa shape index (κ1) is 19.3. The van der Waals surface area contributed by atoms with E-state index in [0.717, 1.165) is 16.7 Å². The molecule has 1 fully saturated rings. The van der Waals surface area contributed by atoms with Crippen molar-refractivity contribution in [2.75, 3.05) is 5.32 Å². The fourth-order valence-corrected chi connectivity index (χ4v) is 4.23. The molecule has 1 aromatic carbocycles. The van der Waals surface area contributed by atoms with Gasteiger partial charge in [0.2, 0.25) is 0 Å². The summed E-state index contributed by atoms with van der Waals surface area (Å²) in [5.74, 6) is -1.23. The van der Waals surface area contributed by atoms with Gasteiger partial charge in [0, 0.05) is 27.7 Å². The van der Waals surface area contributed by atoms with Crippen LogP contribution in [0, 0.1) is 10.7 Å². The van der Waals surface area contributed by atoms with Gasteiger partial charge in [-0.25, -0.2) is 0 Å². The van der Waals surface area contributed by atoms with Crippen LogP contribution in [0.25, 0.3) is 0 Å². The molecule has 2 amide bonds. The molecule has 0 saturated carbocycles. The van der Waals surface area contributed by atoms with Gasteiger partial charge in [-0.05, 0) is 76.6 Å². The largest absolute Gasteiger partial charge is 0.328 e. The van der Waals surface area contributed by atoms with Crippen LogP contribution in [0.5, 0.6) is 0 Å². The number of nitriles is 1. The van der Waals surface area contributed by atoms with Crippen molar-refractivity contribution in [3.05, 3.63) is 24.3 Å². The number of hydrogen-bond acceptors (Lipinski definition) is 5. The number of nitrogens with one attached hydrogen (secondary N) is 1. The Hall–Kier alpha value is -2.04. The quantitative estimate of drug-likeness (QED) is 0.480. The lowest BCUT2D eigenvalue weighted by Crippen LogP contribution is -2.66. The second-order valence-electron chi connectivity index (χ2n) is 7.61. The van der Waals surface area contributed by atoms with E-state index in [1.54, 1.807) is 29.2 Å². The minimum atomic E-state index is -0.669. The molecule has 1 saturated heterocycles. The second kappa shape index (κ2) is 7.06. The van der Waals surface area contributed by atoms with Crippen LogP contribution in [0.1, 0.15) is 40.5 Å². The maximum absolute atomic E-state index is 12.8. The molecule has 0 radical (unpaired) electrons. The standard InChI is InChI=1S/C18H24N4O2S/c1-17(2)9-12(20)10-18(3,4)22(17)16(24)15(23)21-13-5-7-14(8-6-13)25-11-19/h5-8,12H,9-10,20H2,1-4H3,(H,21,23). The fourth-order valence-electron chi connectivity index (χ4n) is 3.85. The Balaban J connectivity index is 2.15. The molecular formula is C18H24N4O2S. The third kappa shape index (κ3) is 4.33. The second-order valence-corrected chi connectivity index (χ2v) is 8.46. The number of hydrogen-bond donors (Lipinski definition) is 2. The number of carbonyl (C=O) groups is 2. The number of benzene rings is 1. The average molecular weight is 360 g/mol. The van der Waals surface area contributed by atoms with Crippen LogP contribution in [0.3, 0.4) is 0 Å². The molecule has 1 heterocycles. The molecule has 0 unspecified atom stereocenters. The third-order valence-electron chi connectivity index (χ3n) is 4.41. The molecule has 0 atom stereocenters. The molecule has 0 aliphatic carbocycles. The zero-order chi connectivity index (χ0) is 18.8. The number of rotatable bonds is 2.